The van der Waals surface area contributed by atoms with Crippen molar-refractivity contribution in [1.82, 2.24) is 10.2 Å². The van der Waals surface area contributed by atoms with Gasteiger partial charge in [0.1, 0.15) is 0 Å². The van der Waals surface area contributed by atoms with Crippen LogP contribution in [0, 0.1) is 5.92 Å². The molecule has 0 radical (unpaired) electrons. The fraction of sp³-hybridized carbons (Fsp3) is 1.00. The van der Waals surface area contributed by atoms with Crippen LogP contribution >= 0.6 is 0 Å². The third-order valence-corrected chi connectivity index (χ3v) is 4.53. The molecule has 0 amide bonds. The summed E-state index contributed by atoms with van der Waals surface area (Å²) in [4.78, 5) is 2.76. The van der Waals surface area contributed by atoms with Crippen molar-refractivity contribution in [3.05, 3.63) is 0 Å². The van der Waals surface area contributed by atoms with Crippen LogP contribution in [0.15, 0.2) is 0 Å². The smallest absolute Gasteiger partial charge is 0.0166 e. The van der Waals surface area contributed by atoms with Crippen LogP contribution in [-0.4, -0.2) is 36.6 Å². The SMILES string of the molecule is CCC1CCC(N2CCCNC(C)C2)CC1. The van der Waals surface area contributed by atoms with E-state index >= 15 is 0 Å². The van der Waals surface area contributed by atoms with Crippen molar-refractivity contribution in [1.29, 1.82) is 0 Å². The van der Waals surface area contributed by atoms with E-state index in [0.29, 0.717) is 6.04 Å². The Morgan fingerprint density at radius 2 is 1.94 bits per heavy atom. The van der Waals surface area contributed by atoms with Crippen molar-refractivity contribution in [3.63, 3.8) is 0 Å². The molecule has 1 saturated heterocycles. The molecule has 2 fully saturated rings. The molecule has 0 aromatic heterocycles. The molecule has 1 atom stereocenters. The molecule has 94 valence electrons. The molecular formula is C14H28N2. The van der Waals surface area contributed by atoms with Crippen LogP contribution in [-0.2, 0) is 0 Å². The highest BCUT2D eigenvalue weighted by molar-refractivity contribution is 4.83. The topological polar surface area (TPSA) is 15.3 Å². The average molecular weight is 224 g/mol. The van der Waals surface area contributed by atoms with Gasteiger partial charge in [0.05, 0.1) is 0 Å². The van der Waals surface area contributed by atoms with Crippen LogP contribution in [0.1, 0.15) is 52.4 Å². The Morgan fingerprint density at radius 3 is 2.62 bits per heavy atom. The van der Waals surface area contributed by atoms with E-state index in [0.717, 1.165) is 12.0 Å². The summed E-state index contributed by atoms with van der Waals surface area (Å²) >= 11 is 0. The molecule has 1 aliphatic heterocycles. The second-order valence-corrected chi connectivity index (χ2v) is 5.79. The average Bonchev–Trinajstić information content (AvgIpc) is 2.54. The van der Waals surface area contributed by atoms with E-state index in [2.05, 4.69) is 24.1 Å². The van der Waals surface area contributed by atoms with Crippen molar-refractivity contribution in [2.24, 2.45) is 5.92 Å². The summed E-state index contributed by atoms with van der Waals surface area (Å²) in [5, 5.41) is 3.59. The summed E-state index contributed by atoms with van der Waals surface area (Å²) in [5.74, 6) is 1.03. The van der Waals surface area contributed by atoms with Crippen LogP contribution in [0.25, 0.3) is 0 Å². The highest BCUT2D eigenvalue weighted by Crippen LogP contribution is 2.29. The van der Waals surface area contributed by atoms with Crippen molar-refractivity contribution >= 4 is 0 Å². The lowest BCUT2D eigenvalue weighted by Gasteiger charge is -2.37. The lowest BCUT2D eigenvalue weighted by Crippen LogP contribution is -2.43. The second-order valence-electron chi connectivity index (χ2n) is 5.79. The van der Waals surface area contributed by atoms with Crippen molar-refractivity contribution in [3.8, 4) is 0 Å². The zero-order valence-corrected chi connectivity index (χ0v) is 11.0. The Labute approximate surface area is 101 Å². The minimum Gasteiger partial charge on any atom is -0.313 e. The molecule has 0 bridgehead atoms. The van der Waals surface area contributed by atoms with Crippen molar-refractivity contribution < 1.29 is 0 Å². The van der Waals surface area contributed by atoms with Gasteiger partial charge in [-0.15, -0.1) is 0 Å². The Kier molecular flexibility index (Phi) is 4.66. The van der Waals surface area contributed by atoms with E-state index in [1.165, 1.54) is 58.2 Å². The maximum absolute atomic E-state index is 3.59. The second kappa shape index (κ2) is 6.02. The predicted octanol–water partition coefficient (Wildman–Crippen LogP) is 2.64. The standard InChI is InChI=1S/C14H28N2/c1-3-13-5-7-14(8-6-13)16-10-4-9-15-12(2)11-16/h12-15H,3-11H2,1-2H3. The lowest BCUT2D eigenvalue weighted by molar-refractivity contribution is 0.135. The Balaban J connectivity index is 1.82. The van der Waals surface area contributed by atoms with Crippen LogP contribution in [0.3, 0.4) is 0 Å². The van der Waals surface area contributed by atoms with Gasteiger partial charge in [0.15, 0.2) is 0 Å². The summed E-state index contributed by atoms with van der Waals surface area (Å²) in [6.07, 6.45) is 8.57. The van der Waals surface area contributed by atoms with Crippen LogP contribution in [0.5, 0.6) is 0 Å². The molecule has 1 unspecified atom stereocenters. The van der Waals surface area contributed by atoms with Gasteiger partial charge >= 0.3 is 0 Å². The van der Waals surface area contributed by atoms with E-state index < -0.39 is 0 Å². The monoisotopic (exact) mass is 224 g/mol. The first-order chi connectivity index (χ1) is 7.79. The largest absolute Gasteiger partial charge is 0.313 e. The maximum atomic E-state index is 3.59. The third-order valence-electron chi connectivity index (χ3n) is 4.53. The van der Waals surface area contributed by atoms with Gasteiger partial charge in [0.25, 0.3) is 0 Å². The molecule has 0 aromatic carbocycles. The van der Waals surface area contributed by atoms with Gasteiger partial charge in [-0.25, -0.2) is 0 Å². The molecule has 1 saturated carbocycles. The lowest BCUT2D eigenvalue weighted by atomic mass is 9.84. The van der Waals surface area contributed by atoms with Crippen molar-refractivity contribution in [2.75, 3.05) is 19.6 Å². The maximum Gasteiger partial charge on any atom is 0.0166 e. The molecule has 1 N–H and O–H groups in total. The predicted molar refractivity (Wildman–Crippen MR) is 69.7 cm³/mol. The first-order valence-electron chi connectivity index (χ1n) is 7.27. The van der Waals surface area contributed by atoms with E-state index in [1.54, 1.807) is 0 Å². The minimum atomic E-state index is 0.686. The quantitative estimate of drug-likeness (QED) is 0.776. The molecule has 0 spiro atoms. The fourth-order valence-electron chi connectivity index (χ4n) is 3.39. The summed E-state index contributed by atoms with van der Waals surface area (Å²) in [6, 6.07) is 1.58. The van der Waals surface area contributed by atoms with Gasteiger partial charge in [-0.2, -0.15) is 0 Å². The summed E-state index contributed by atoms with van der Waals surface area (Å²) in [5.41, 5.74) is 0. The van der Waals surface area contributed by atoms with Gasteiger partial charge in [-0.05, 0) is 58.0 Å². The number of rotatable bonds is 2. The van der Waals surface area contributed by atoms with Gasteiger partial charge in [-0.3, -0.25) is 4.90 Å². The highest BCUT2D eigenvalue weighted by atomic mass is 15.2. The van der Waals surface area contributed by atoms with E-state index in [1.807, 2.05) is 0 Å². The van der Waals surface area contributed by atoms with Crippen LogP contribution < -0.4 is 5.32 Å². The van der Waals surface area contributed by atoms with E-state index in [4.69, 9.17) is 0 Å². The number of nitrogens with one attached hydrogen (secondary N) is 1. The summed E-state index contributed by atoms with van der Waals surface area (Å²) in [7, 11) is 0. The molecule has 16 heavy (non-hydrogen) atoms. The molecular weight excluding hydrogens is 196 g/mol. The van der Waals surface area contributed by atoms with Gasteiger partial charge < -0.3 is 5.32 Å². The minimum absolute atomic E-state index is 0.686. The molecule has 2 rings (SSSR count). The normalized spacial score (nSPS) is 38.2. The Bertz CT molecular complexity index is 197. The highest BCUT2D eigenvalue weighted by Gasteiger charge is 2.26. The molecule has 2 heteroatoms. The van der Waals surface area contributed by atoms with E-state index in [-0.39, 0.29) is 0 Å². The van der Waals surface area contributed by atoms with E-state index in [9.17, 15) is 0 Å². The third kappa shape index (κ3) is 3.21. The number of hydrogen-bond donors (Lipinski definition) is 1. The molecule has 2 aliphatic rings. The van der Waals surface area contributed by atoms with Gasteiger partial charge in [0.2, 0.25) is 0 Å². The molecule has 1 aliphatic carbocycles. The molecule has 1 heterocycles. The zero-order valence-electron chi connectivity index (χ0n) is 11.0. The first kappa shape index (κ1) is 12.4. The number of nitrogens with zero attached hydrogens (tertiary/aromatic N) is 1. The summed E-state index contributed by atoms with van der Waals surface area (Å²) in [6.45, 7) is 8.47. The van der Waals surface area contributed by atoms with Crippen molar-refractivity contribution in [2.45, 2.75) is 64.5 Å². The molecule has 2 nitrogen and oxygen atoms in total. The summed E-state index contributed by atoms with van der Waals surface area (Å²) < 4.78 is 0. The van der Waals surface area contributed by atoms with Gasteiger partial charge in [0, 0.05) is 18.6 Å². The van der Waals surface area contributed by atoms with Crippen LogP contribution in [0.4, 0.5) is 0 Å². The zero-order chi connectivity index (χ0) is 11.4. The fourth-order valence-corrected chi connectivity index (χ4v) is 3.39. The van der Waals surface area contributed by atoms with Gasteiger partial charge in [-0.1, -0.05) is 13.3 Å². The number of hydrogen-bond acceptors (Lipinski definition) is 2. The first-order valence-corrected chi connectivity index (χ1v) is 7.27. The Hall–Kier alpha value is -0.0800. The molecule has 0 aromatic rings. The Morgan fingerprint density at radius 1 is 1.19 bits per heavy atom. The van der Waals surface area contributed by atoms with Crippen LogP contribution in [0.2, 0.25) is 0 Å².